The van der Waals surface area contributed by atoms with E-state index in [9.17, 15) is 14.7 Å². The van der Waals surface area contributed by atoms with Gasteiger partial charge in [-0.2, -0.15) is 0 Å². The normalized spacial score (nSPS) is 28.7. The Hall–Kier alpha value is -2.16. The minimum Gasteiger partial charge on any atom is -0.480 e. The van der Waals surface area contributed by atoms with Gasteiger partial charge in [0.2, 0.25) is 0 Å². The van der Waals surface area contributed by atoms with Crippen LogP contribution in [0.25, 0.3) is 0 Å². The second kappa shape index (κ2) is 7.22. The van der Waals surface area contributed by atoms with Gasteiger partial charge in [-0.15, -0.1) is 0 Å². The molecule has 8 heteroatoms. The van der Waals surface area contributed by atoms with E-state index in [2.05, 4.69) is 15.8 Å². The van der Waals surface area contributed by atoms with E-state index in [4.69, 9.17) is 4.74 Å². The van der Waals surface area contributed by atoms with E-state index in [0.717, 1.165) is 38.4 Å². The largest absolute Gasteiger partial charge is 0.480 e. The van der Waals surface area contributed by atoms with E-state index in [-0.39, 0.29) is 17.9 Å². The molecule has 3 aliphatic heterocycles. The van der Waals surface area contributed by atoms with Crippen molar-refractivity contribution in [1.82, 2.24) is 15.8 Å². The molecule has 4 rings (SSSR count). The number of amides is 1. The first kappa shape index (κ1) is 17.3. The third-order valence-corrected chi connectivity index (χ3v) is 5.55. The summed E-state index contributed by atoms with van der Waals surface area (Å²) >= 11 is 0. The maximum absolute atomic E-state index is 12.9. The molecular formula is C18H24N4O4. The van der Waals surface area contributed by atoms with Gasteiger partial charge in [-0.25, -0.2) is 5.43 Å². The van der Waals surface area contributed by atoms with Crippen LogP contribution in [-0.4, -0.2) is 73.4 Å². The van der Waals surface area contributed by atoms with Crippen molar-refractivity contribution in [2.45, 2.75) is 18.5 Å². The smallest absolute Gasteiger partial charge is 0.322 e. The van der Waals surface area contributed by atoms with Gasteiger partial charge < -0.3 is 19.6 Å². The zero-order chi connectivity index (χ0) is 18.1. The molecule has 1 aromatic rings. The van der Waals surface area contributed by atoms with Crippen molar-refractivity contribution in [2.75, 3.05) is 44.3 Å². The van der Waals surface area contributed by atoms with E-state index in [1.165, 1.54) is 0 Å². The third kappa shape index (κ3) is 3.27. The highest BCUT2D eigenvalue weighted by molar-refractivity contribution is 5.94. The fraction of sp³-hybridized carbons (Fsp3) is 0.556. The highest BCUT2D eigenvalue weighted by Gasteiger charge is 2.44. The molecule has 140 valence electrons. The fourth-order valence-corrected chi connectivity index (χ4v) is 4.05. The van der Waals surface area contributed by atoms with Crippen LogP contribution in [0.5, 0.6) is 0 Å². The molecule has 1 aromatic carbocycles. The molecule has 3 fully saturated rings. The molecular weight excluding hydrogens is 336 g/mol. The number of carbonyl (C=O) groups is 2. The number of piperidine rings is 1. The summed E-state index contributed by atoms with van der Waals surface area (Å²) in [4.78, 5) is 28.2. The van der Waals surface area contributed by atoms with Crippen LogP contribution in [0.4, 0.5) is 5.69 Å². The van der Waals surface area contributed by atoms with Crippen LogP contribution in [0, 0.1) is 5.92 Å². The SMILES string of the molecule is O=C(O)C1NNC2CCN(C(=O)c3ccc(N4CCOCC4)cc3)CC21. The number of hydrazine groups is 1. The number of aliphatic carboxylic acids is 1. The van der Waals surface area contributed by atoms with E-state index >= 15 is 0 Å². The number of hydrogen-bond acceptors (Lipinski definition) is 6. The van der Waals surface area contributed by atoms with Gasteiger partial charge in [0, 0.05) is 49.4 Å². The number of rotatable bonds is 3. The first-order chi connectivity index (χ1) is 12.6. The zero-order valence-corrected chi connectivity index (χ0v) is 14.6. The number of morpholine rings is 1. The molecule has 26 heavy (non-hydrogen) atoms. The van der Waals surface area contributed by atoms with Crippen molar-refractivity contribution in [2.24, 2.45) is 5.92 Å². The van der Waals surface area contributed by atoms with Crippen molar-refractivity contribution in [3.05, 3.63) is 29.8 Å². The van der Waals surface area contributed by atoms with Gasteiger partial charge in [-0.05, 0) is 30.7 Å². The van der Waals surface area contributed by atoms with E-state index in [1.807, 2.05) is 24.3 Å². The molecule has 0 aliphatic carbocycles. The molecule has 3 unspecified atom stereocenters. The van der Waals surface area contributed by atoms with Crippen molar-refractivity contribution in [1.29, 1.82) is 0 Å². The molecule has 8 nitrogen and oxygen atoms in total. The lowest BCUT2D eigenvalue weighted by Crippen LogP contribution is -2.49. The summed E-state index contributed by atoms with van der Waals surface area (Å²) in [5.41, 5.74) is 7.63. The average Bonchev–Trinajstić information content (AvgIpc) is 3.12. The number of carboxylic acid groups (broad SMARTS) is 1. The first-order valence-corrected chi connectivity index (χ1v) is 9.09. The van der Waals surface area contributed by atoms with Gasteiger partial charge in [0.1, 0.15) is 6.04 Å². The van der Waals surface area contributed by atoms with Gasteiger partial charge in [-0.3, -0.25) is 15.0 Å². The van der Waals surface area contributed by atoms with Gasteiger partial charge in [0.15, 0.2) is 0 Å². The summed E-state index contributed by atoms with van der Waals surface area (Å²) in [5, 5.41) is 9.33. The van der Waals surface area contributed by atoms with Crippen molar-refractivity contribution < 1.29 is 19.4 Å². The van der Waals surface area contributed by atoms with Crippen molar-refractivity contribution >= 4 is 17.6 Å². The van der Waals surface area contributed by atoms with Crippen LogP contribution in [-0.2, 0) is 9.53 Å². The molecule has 0 spiro atoms. The predicted octanol–water partition coefficient (Wildman–Crippen LogP) is -0.0851. The molecule has 3 N–H and O–H groups in total. The summed E-state index contributed by atoms with van der Waals surface area (Å²) in [7, 11) is 0. The van der Waals surface area contributed by atoms with E-state index < -0.39 is 12.0 Å². The van der Waals surface area contributed by atoms with Crippen molar-refractivity contribution in [3.8, 4) is 0 Å². The molecule has 0 saturated carbocycles. The number of benzene rings is 1. The Labute approximate surface area is 152 Å². The number of nitrogens with zero attached hydrogens (tertiary/aromatic N) is 2. The van der Waals surface area contributed by atoms with Gasteiger partial charge in [0.05, 0.1) is 13.2 Å². The molecule has 3 atom stereocenters. The lowest BCUT2D eigenvalue weighted by Gasteiger charge is -2.35. The Kier molecular flexibility index (Phi) is 4.80. The maximum Gasteiger partial charge on any atom is 0.322 e. The number of ether oxygens (including phenoxy) is 1. The number of nitrogens with one attached hydrogen (secondary N) is 2. The summed E-state index contributed by atoms with van der Waals surface area (Å²) in [6.07, 6.45) is 0.749. The number of carbonyl (C=O) groups excluding carboxylic acids is 1. The molecule has 0 radical (unpaired) electrons. The topological polar surface area (TPSA) is 94.1 Å². The molecule has 3 aliphatic rings. The molecule has 3 heterocycles. The lowest BCUT2D eigenvalue weighted by atomic mass is 9.88. The standard InChI is InChI=1S/C18H24N4O4/c23-17(12-1-3-13(4-2-12)21-7-9-26-10-8-21)22-6-5-15-14(11-22)16(18(24)25)20-19-15/h1-4,14-16,19-20H,5-11H2,(H,24,25). The monoisotopic (exact) mass is 360 g/mol. The minimum absolute atomic E-state index is 0.0342. The Morgan fingerprint density at radius 2 is 1.81 bits per heavy atom. The lowest BCUT2D eigenvalue weighted by molar-refractivity contribution is -0.140. The van der Waals surface area contributed by atoms with Crippen LogP contribution >= 0.6 is 0 Å². The van der Waals surface area contributed by atoms with E-state index in [0.29, 0.717) is 18.7 Å². The van der Waals surface area contributed by atoms with Gasteiger partial charge >= 0.3 is 5.97 Å². The minimum atomic E-state index is -0.880. The summed E-state index contributed by atoms with van der Waals surface area (Å²) < 4.78 is 5.37. The molecule has 0 aromatic heterocycles. The number of carboxylic acids is 1. The van der Waals surface area contributed by atoms with Gasteiger partial charge in [-0.1, -0.05) is 0 Å². The average molecular weight is 360 g/mol. The molecule has 3 saturated heterocycles. The maximum atomic E-state index is 12.9. The number of hydrogen-bond donors (Lipinski definition) is 3. The third-order valence-electron chi connectivity index (χ3n) is 5.55. The van der Waals surface area contributed by atoms with Crippen molar-refractivity contribution in [3.63, 3.8) is 0 Å². The Bertz CT molecular complexity index is 674. The predicted molar refractivity (Wildman–Crippen MR) is 95.0 cm³/mol. The second-order valence-electron chi connectivity index (χ2n) is 7.06. The number of fused-ring (bicyclic) bond motifs is 1. The summed E-state index contributed by atoms with van der Waals surface area (Å²) in [5.74, 6) is -1.03. The van der Waals surface area contributed by atoms with Gasteiger partial charge in [0.25, 0.3) is 5.91 Å². The summed E-state index contributed by atoms with van der Waals surface area (Å²) in [6, 6.07) is 7.12. The number of likely N-dealkylation sites (tertiary alicyclic amines) is 1. The Morgan fingerprint density at radius 1 is 1.08 bits per heavy atom. The van der Waals surface area contributed by atoms with Crippen LogP contribution in [0.1, 0.15) is 16.8 Å². The summed E-state index contributed by atoms with van der Waals surface area (Å²) in [6.45, 7) is 4.25. The van der Waals surface area contributed by atoms with E-state index in [1.54, 1.807) is 4.90 Å². The first-order valence-electron chi connectivity index (χ1n) is 9.09. The van der Waals surface area contributed by atoms with Crippen LogP contribution in [0.3, 0.4) is 0 Å². The highest BCUT2D eigenvalue weighted by Crippen LogP contribution is 2.26. The van der Waals surface area contributed by atoms with Crippen LogP contribution < -0.4 is 15.8 Å². The number of anilines is 1. The second-order valence-corrected chi connectivity index (χ2v) is 7.06. The van der Waals surface area contributed by atoms with Crippen LogP contribution in [0.2, 0.25) is 0 Å². The quantitative estimate of drug-likeness (QED) is 0.694. The fourth-order valence-electron chi connectivity index (χ4n) is 4.05. The molecule has 1 amide bonds. The Balaban J connectivity index is 1.43. The Morgan fingerprint density at radius 3 is 2.50 bits per heavy atom. The zero-order valence-electron chi connectivity index (χ0n) is 14.6. The van der Waals surface area contributed by atoms with Crippen LogP contribution in [0.15, 0.2) is 24.3 Å². The highest BCUT2D eigenvalue weighted by atomic mass is 16.5. The molecule has 0 bridgehead atoms.